The molecule has 1 N–H and O–H groups in total. The van der Waals surface area contributed by atoms with Crippen molar-refractivity contribution in [1.82, 2.24) is 5.32 Å². The van der Waals surface area contributed by atoms with Crippen molar-refractivity contribution in [2.75, 3.05) is 18.5 Å². The third kappa shape index (κ3) is 3.38. The quantitative estimate of drug-likeness (QED) is 0.861. The predicted molar refractivity (Wildman–Crippen MR) is 79.4 cm³/mol. The molecule has 0 bridgehead atoms. The summed E-state index contributed by atoms with van der Waals surface area (Å²) in [6.07, 6.45) is 1.77. The van der Waals surface area contributed by atoms with Gasteiger partial charge in [0, 0.05) is 24.3 Å². The molecule has 0 aliphatic rings. The van der Waals surface area contributed by atoms with Gasteiger partial charge in [0.05, 0.1) is 12.8 Å². The second-order valence-corrected chi connectivity index (χ2v) is 4.75. The van der Waals surface area contributed by atoms with E-state index in [1.165, 1.54) is 16.8 Å². The van der Waals surface area contributed by atoms with Gasteiger partial charge in [-0.25, -0.2) is 0 Å². The molecule has 0 unspecified atom stereocenters. The maximum Gasteiger partial charge on any atom is 0.127 e. The Hall–Kier alpha value is -1.74. The summed E-state index contributed by atoms with van der Waals surface area (Å²) in [7, 11) is 1.95. The zero-order chi connectivity index (χ0) is 13.7. The highest BCUT2D eigenvalue weighted by atomic mass is 16.3. The van der Waals surface area contributed by atoms with Crippen molar-refractivity contribution in [3.05, 3.63) is 53.5 Å². The lowest BCUT2D eigenvalue weighted by Crippen LogP contribution is -2.22. The molecule has 2 rings (SSSR count). The van der Waals surface area contributed by atoms with Gasteiger partial charge >= 0.3 is 0 Å². The van der Waals surface area contributed by atoms with Crippen LogP contribution in [0, 0.1) is 6.92 Å². The van der Waals surface area contributed by atoms with Crippen LogP contribution in [0.3, 0.4) is 0 Å². The van der Waals surface area contributed by atoms with E-state index in [-0.39, 0.29) is 0 Å². The molecule has 102 valence electrons. The van der Waals surface area contributed by atoms with Crippen LogP contribution in [-0.4, -0.2) is 13.6 Å². The van der Waals surface area contributed by atoms with Crippen LogP contribution >= 0.6 is 0 Å². The molecule has 0 amide bonds. The van der Waals surface area contributed by atoms with Crippen molar-refractivity contribution in [3.63, 3.8) is 0 Å². The fourth-order valence-electron chi connectivity index (χ4n) is 2.24. The van der Waals surface area contributed by atoms with Gasteiger partial charge in [-0.3, -0.25) is 0 Å². The Morgan fingerprint density at radius 2 is 2.11 bits per heavy atom. The zero-order valence-corrected chi connectivity index (χ0v) is 11.9. The summed E-state index contributed by atoms with van der Waals surface area (Å²) in [5.74, 6) is 1.04. The molecule has 1 heterocycles. The predicted octanol–water partition coefficient (Wildman–Crippen LogP) is 3.33. The summed E-state index contributed by atoms with van der Waals surface area (Å²) in [5, 5.41) is 3.17. The van der Waals surface area contributed by atoms with Gasteiger partial charge < -0.3 is 14.6 Å². The average molecular weight is 258 g/mol. The van der Waals surface area contributed by atoms with Gasteiger partial charge in [0.15, 0.2) is 0 Å². The Balaban J connectivity index is 2.17. The molecule has 0 fully saturated rings. The number of aryl methyl sites for hydroxylation is 1. The summed E-state index contributed by atoms with van der Waals surface area (Å²) in [5.41, 5.74) is 3.76. The molecule has 3 heteroatoms. The lowest BCUT2D eigenvalue weighted by Gasteiger charge is -2.23. The number of nitrogens with zero attached hydrogens (tertiary/aromatic N) is 1. The van der Waals surface area contributed by atoms with Gasteiger partial charge in [-0.05, 0) is 44.7 Å². The van der Waals surface area contributed by atoms with Crippen LogP contribution in [-0.2, 0) is 13.1 Å². The molecule has 19 heavy (non-hydrogen) atoms. The van der Waals surface area contributed by atoms with Gasteiger partial charge in [-0.1, -0.05) is 12.1 Å². The first-order valence-electron chi connectivity index (χ1n) is 6.76. The Labute approximate surface area is 115 Å². The molecule has 0 saturated heterocycles. The fraction of sp³-hybridized carbons (Fsp3) is 0.375. The first-order chi connectivity index (χ1) is 9.24. The van der Waals surface area contributed by atoms with Crippen molar-refractivity contribution < 1.29 is 4.42 Å². The molecular formula is C16H22N2O. The van der Waals surface area contributed by atoms with Crippen LogP contribution < -0.4 is 10.2 Å². The van der Waals surface area contributed by atoms with E-state index in [0.717, 1.165) is 25.4 Å². The van der Waals surface area contributed by atoms with Gasteiger partial charge in [0.2, 0.25) is 0 Å². The van der Waals surface area contributed by atoms with Crippen LogP contribution in [0.5, 0.6) is 0 Å². The van der Waals surface area contributed by atoms with Crippen molar-refractivity contribution in [2.45, 2.75) is 26.9 Å². The van der Waals surface area contributed by atoms with E-state index in [1.54, 1.807) is 6.26 Å². The highest BCUT2D eigenvalue weighted by molar-refractivity contribution is 5.48. The van der Waals surface area contributed by atoms with Crippen LogP contribution in [0.1, 0.15) is 23.8 Å². The van der Waals surface area contributed by atoms with Crippen LogP contribution in [0.2, 0.25) is 0 Å². The molecule has 1 aromatic heterocycles. The number of furan rings is 1. The SMILES string of the molecule is CCN(Cc1occc1CNC)c1cccc(C)c1. The minimum absolute atomic E-state index is 0.809. The van der Waals surface area contributed by atoms with Crippen LogP contribution in [0.25, 0.3) is 0 Å². The molecule has 0 radical (unpaired) electrons. The van der Waals surface area contributed by atoms with Crippen molar-refractivity contribution in [1.29, 1.82) is 0 Å². The van der Waals surface area contributed by atoms with E-state index < -0.39 is 0 Å². The number of benzene rings is 1. The van der Waals surface area contributed by atoms with E-state index in [0.29, 0.717) is 0 Å². The van der Waals surface area contributed by atoms with E-state index in [4.69, 9.17) is 4.42 Å². The largest absolute Gasteiger partial charge is 0.467 e. The monoisotopic (exact) mass is 258 g/mol. The van der Waals surface area contributed by atoms with E-state index in [1.807, 2.05) is 13.1 Å². The number of anilines is 1. The molecular weight excluding hydrogens is 236 g/mol. The zero-order valence-electron chi connectivity index (χ0n) is 11.9. The standard InChI is InChI=1S/C16H22N2O/c1-4-18(15-7-5-6-13(2)10-15)12-16-14(11-17-3)8-9-19-16/h5-10,17H,4,11-12H2,1-3H3. The highest BCUT2D eigenvalue weighted by Gasteiger charge is 2.11. The van der Waals surface area contributed by atoms with Gasteiger partial charge in [-0.2, -0.15) is 0 Å². The number of rotatable bonds is 6. The topological polar surface area (TPSA) is 28.4 Å². The summed E-state index contributed by atoms with van der Waals surface area (Å²) >= 11 is 0. The smallest absolute Gasteiger partial charge is 0.127 e. The van der Waals surface area contributed by atoms with Crippen molar-refractivity contribution in [2.24, 2.45) is 0 Å². The number of hydrogen-bond acceptors (Lipinski definition) is 3. The van der Waals surface area contributed by atoms with Gasteiger partial charge in [-0.15, -0.1) is 0 Å². The molecule has 2 aromatic rings. The Kier molecular flexibility index (Phi) is 4.63. The average Bonchev–Trinajstić information content (AvgIpc) is 2.84. The first kappa shape index (κ1) is 13.7. The number of hydrogen-bond donors (Lipinski definition) is 1. The molecule has 0 atom stereocenters. The van der Waals surface area contributed by atoms with Crippen molar-refractivity contribution in [3.8, 4) is 0 Å². The Bertz CT molecular complexity index is 519. The minimum atomic E-state index is 0.809. The lowest BCUT2D eigenvalue weighted by atomic mass is 10.2. The van der Waals surface area contributed by atoms with E-state index in [2.05, 4.69) is 48.3 Å². The van der Waals surface area contributed by atoms with Crippen LogP contribution in [0.4, 0.5) is 5.69 Å². The van der Waals surface area contributed by atoms with E-state index >= 15 is 0 Å². The Morgan fingerprint density at radius 1 is 1.26 bits per heavy atom. The molecule has 0 spiro atoms. The molecule has 0 saturated carbocycles. The lowest BCUT2D eigenvalue weighted by molar-refractivity contribution is 0.497. The molecule has 3 nitrogen and oxygen atoms in total. The maximum atomic E-state index is 5.62. The second kappa shape index (κ2) is 6.43. The molecule has 0 aliphatic carbocycles. The van der Waals surface area contributed by atoms with Gasteiger partial charge in [0.25, 0.3) is 0 Å². The summed E-state index contributed by atoms with van der Waals surface area (Å²) < 4.78 is 5.62. The fourth-order valence-corrected chi connectivity index (χ4v) is 2.24. The molecule has 1 aromatic carbocycles. The summed E-state index contributed by atoms with van der Waals surface area (Å²) in [4.78, 5) is 2.32. The summed E-state index contributed by atoms with van der Waals surface area (Å²) in [6.45, 7) is 6.91. The van der Waals surface area contributed by atoms with E-state index in [9.17, 15) is 0 Å². The second-order valence-electron chi connectivity index (χ2n) is 4.75. The van der Waals surface area contributed by atoms with Crippen LogP contribution in [0.15, 0.2) is 41.0 Å². The van der Waals surface area contributed by atoms with Crippen molar-refractivity contribution >= 4 is 5.69 Å². The minimum Gasteiger partial charge on any atom is -0.467 e. The maximum absolute atomic E-state index is 5.62. The highest BCUT2D eigenvalue weighted by Crippen LogP contribution is 2.20. The van der Waals surface area contributed by atoms with Gasteiger partial charge in [0.1, 0.15) is 5.76 Å². The third-order valence-electron chi connectivity index (χ3n) is 3.29. The number of nitrogens with one attached hydrogen (secondary N) is 1. The molecule has 0 aliphatic heterocycles. The first-order valence-corrected chi connectivity index (χ1v) is 6.76. The summed E-state index contributed by atoms with van der Waals surface area (Å²) in [6, 6.07) is 10.6. The normalized spacial score (nSPS) is 10.7. The third-order valence-corrected chi connectivity index (χ3v) is 3.29. The Morgan fingerprint density at radius 3 is 2.79 bits per heavy atom.